The van der Waals surface area contributed by atoms with Crippen LogP contribution in [0.1, 0.15) is 29.6 Å². The molecule has 0 saturated heterocycles. The number of aromatic nitrogens is 3. The van der Waals surface area contributed by atoms with Gasteiger partial charge in [-0.15, -0.1) is 10.2 Å². The van der Waals surface area contributed by atoms with Gasteiger partial charge in [0, 0.05) is 28.8 Å². The van der Waals surface area contributed by atoms with Gasteiger partial charge in [0.1, 0.15) is 11.5 Å². The Morgan fingerprint density at radius 1 is 1.17 bits per heavy atom. The summed E-state index contributed by atoms with van der Waals surface area (Å²) in [4.78, 5) is 12.4. The number of amides is 1. The number of aryl methyl sites for hydroxylation is 2. The summed E-state index contributed by atoms with van der Waals surface area (Å²) < 4.78 is 7.52. The third kappa shape index (κ3) is 6.63. The quantitative estimate of drug-likeness (QED) is 0.162. The number of furan rings is 1. The van der Waals surface area contributed by atoms with Gasteiger partial charge in [0.25, 0.3) is 0 Å². The van der Waals surface area contributed by atoms with Crippen LogP contribution >= 0.6 is 35.6 Å². The van der Waals surface area contributed by atoms with E-state index in [9.17, 15) is 4.79 Å². The molecule has 0 saturated carbocycles. The first-order valence-corrected chi connectivity index (χ1v) is 13.0. The van der Waals surface area contributed by atoms with Gasteiger partial charge in [-0.3, -0.25) is 15.5 Å². The number of thioether (sulfide) groups is 1. The van der Waals surface area contributed by atoms with Crippen molar-refractivity contribution in [2.24, 2.45) is 0 Å². The number of rotatable bonds is 8. The Morgan fingerprint density at radius 3 is 2.72 bits per heavy atom. The average Bonchev–Trinajstić information content (AvgIpc) is 3.50. The van der Waals surface area contributed by atoms with Crippen molar-refractivity contribution in [1.29, 1.82) is 0 Å². The molecule has 0 fully saturated rings. The molecule has 1 amide bonds. The van der Waals surface area contributed by atoms with E-state index in [2.05, 4.69) is 33.1 Å². The van der Waals surface area contributed by atoms with Gasteiger partial charge in [-0.1, -0.05) is 72.8 Å². The van der Waals surface area contributed by atoms with Crippen LogP contribution in [0.3, 0.4) is 0 Å². The predicted octanol–water partition coefficient (Wildman–Crippen LogP) is 6.01. The van der Waals surface area contributed by atoms with E-state index in [-0.39, 0.29) is 5.11 Å². The number of hydrogen-bond donors (Lipinski definition) is 2. The van der Waals surface area contributed by atoms with Crippen molar-refractivity contribution in [3.05, 3.63) is 94.5 Å². The third-order valence-corrected chi connectivity index (χ3v) is 6.76. The maximum Gasteiger partial charge on any atom is 0.250 e. The van der Waals surface area contributed by atoms with Crippen LogP contribution in [0.2, 0.25) is 5.02 Å². The van der Waals surface area contributed by atoms with Crippen molar-refractivity contribution in [2.75, 3.05) is 5.43 Å². The van der Waals surface area contributed by atoms with Crippen LogP contribution in [0.15, 0.2) is 76.3 Å². The molecular weight excluding hydrogens is 514 g/mol. The molecule has 0 bridgehead atoms. The lowest BCUT2D eigenvalue weighted by Gasteiger charge is -2.13. The smallest absolute Gasteiger partial charge is 0.250 e. The van der Waals surface area contributed by atoms with Crippen LogP contribution < -0.4 is 10.7 Å². The van der Waals surface area contributed by atoms with Crippen LogP contribution in [0.25, 0.3) is 17.4 Å². The molecule has 4 aromatic rings. The highest BCUT2D eigenvalue weighted by atomic mass is 35.5. The van der Waals surface area contributed by atoms with E-state index in [1.54, 1.807) is 16.8 Å². The van der Waals surface area contributed by atoms with Gasteiger partial charge in [-0.05, 0) is 54.5 Å². The molecule has 36 heavy (non-hydrogen) atoms. The van der Waals surface area contributed by atoms with E-state index in [0.29, 0.717) is 33.9 Å². The van der Waals surface area contributed by atoms with Gasteiger partial charge in [-0.2, -0.15) is 0 Å². The summed E-state index contributed by atoms with van der Waals surface area (Å²) in [5.41, 5.74) is 6.04. The van der Waals surface area contributed by atoms with E-state index in [1.807, 2.05) is 56.3 Å². The van der Waals surface area contributed by atoms with Crippen LogP contribution in [-0.4, -0.2) is 25.9 Å². The minimum atomic E-state index is -0.395. The molecule has 0 atom stereocenters. The highest BCUT2D eigenvalue weighted by Gasteiger charge is 2.14. The first kappa shape index (κ1) is 25.7. The normalized spacial score (nSPS) is 11.1. The van der Waals surface area contributed by atoms with Crippen molar-refractivity contribution in [2.45, 2.75) is 31.2 Å². The molecule has 0 radical (unpaired) electrons. The van der Waals surface area contributed by atoms with Crippen molar-refractivity contribution in [3.63, 3.8) is 0 Å². The fraction of sp³-hybridized carbons (Fsp3) is 0.154. The summed E-state index contributed by atoms with van der Waals surface area (Å²) in [6, 6.07) is 19.4. The Morgan fingerprint density at radius 2 is 1.97 bits per heavy atom. The molecule has 2 N–H and O–H groups in total. The van der Waals surface area contributed by atoms with Crippen LogP contribution in [-0.2, 0) is 17.0 Å². The predicted molar refractivity (Wildman–Crippen MR) is 148 cm³/mol. The molecule has 0 spiro atoms. The maximum atomic E-state index is 12.4. The van der Waals surface area contributed by atoms with Crippen LogP contribution in [0, 0.1) is 6.92 Å². The Balaban J connectivity index is 1.35. The number of thiocarbonyl (C=S) groups is 1. The van der Waals surface area contributed by atoms with Crippen molar-refractivity contribution < 1.29 is 9.21 Å². The van der Waals surface area contributed by atoms with E-state index in [0.717, 1.165) is 16.9 Å². The minimum Gasteiger partial charge on any atom is -0.457 e. The largest absolute Gasteiger partial charge is 0.457 e. The molecule has 0 unspecified atom stereocenters. The standard InChI is InChI=1S/C26H24ClN5O2S2/c1-3-23-29-30-26(36-16-18-7-5-4-6-8-18)32(23)31-25(35)28-24(33)14-12-20-11-13-22(34-20)19-10-9-17(2)21(27)15-19/h4-15H,3,16H2,1-2H3,(H2,28,31,33,35)/b14-12+. The van der Waals surface area contributed by atoms with E-state index in [4.69, 9.17) is 28.2 Å². The van der Waals surface area contributed by atoms with E-state index in [1.165, 1.54) is 23.4 Å². The topological polar surface area (TPSA) is 85.0 Å². The molecule has 184 valence electrons. The van der Waals surface area contributed by atoms with Crippen LogP contribution in [0.5, 0.6) is 0 Å². The summed E-state index contributed by atoms with van der Waals surface area (Å²) in [7, 11) is 0. The molecule has 0 aliphatic heterocycles. The number of carbonyl (C=O) groups excluding carboxylic acids is 1. The summed E-state index contributed by atoms with van der Waals surface area (Å²) >= 11 is 13.1. The number of benzene rings is 2. The molecule has 7 nitrogen and oxygen atoms in total. The summed E-state index contributed by atoms with van der Waals surface area (Å²) in [6.45, 7) is 3.91. The van der Waals surface area contributed by atoms with Gasteiger partial charge in [0.15, 0.2) is 10.9 Å². The SMILES string of the molecule is CCc1nnc(SCc2ccccc2)n1NC(=S)NC(=O)/C=C/c1ccc(-c2ccc(C)c(Cl)c2)o1. The monoisotopic (exact) mass is 537 g/mol. The lowest BCUT2D eigenvalue weighted by molar-refractivity contribution is -0.115. The second kappa shape index (κ2) is 12.0. The third-order valence-electron chi connectivity index (χ3n) is 5.16. The molecule has 2 aromatic carbocycles. The van der Waals surface area contributed by atoms with Crippen molar-refractivity contribution >= 4 is 52.7 Å². The number of nitrogens with zero attached hydrogens (tertiary/aromatic N) is 3. The second-order valence-electron chi connectivity index (χ2n) is 7.79. The summed E-state index contributed by atoms with van der Waals surface area (Å²) in [6.07, 6.45) is 3.58. The maximum absolute atomic E-state index is 12.4. The fourth-order valence-electron chi connectivity index (χ4n) is 3.24. The van der Waals surface area contributed by atoms with Gasteiger partial charge < -0.3 is 4.42 Å². The molecule has 2 heterocycles. The van der Waals surface area contributed by atoms with Gasteiger partial charge >= 0.3 is 0 Å². The highest BCUT2D eigenvalue weighted by Crippen LogP contribution is 2.27. The second-order valence-corrected chi connectivity index (χ2v) is 9.55. The minimum absolute atomic E-state index is 0.134. The van der Waals surface area contributed by atoms with Gasteiger partial charge in [0.2, 0.25) is 11.1 Å². The Hall–Kier alpha value is -3.40. The fourth-order valence-corrected chi connectivity index (χ4v) is 4.48. The molecule has 0 aliphatic carbocycles. The molecule has 10 heteroatoms. The highest BCUT2D eigenvalue weighted by molar-refractivity contribution is 7.98. The molecule has 0 aliphatic rings. The number of carbonyl (C=O) groups is 1. The lowest BCUT2D eigenvalue weighted by atomic mass is 10.1. The number of halogens is 1. The summed E-state index contributed by atoms with van der Waals surface area (Å²) in [5, 5.41) is 12.6. The summed E-state index contributed by atoms with van der Waals surface area (Å²) in [5.74, 6) is 2.23. The van der Waals surface area contributed by atoms with Gasteiger partial charge in [-0.25, -0.2) is 4.68 Å². The Kier molecular flexibility index (Phi) is 8.58. The van der Waals surface area contributed by atoms with E-state index >= 15 is 0 Å². The van der Waals surface area contributed by atoms with E-state index < -0.39 is 5.91 Å². The molecule has 2 aromatic heterocycles. The zero-order valence-corrected chi connectivity index (χ0v) is 22.1. The first-order valence-electron chi connectivity index (χ1n) is 11.2. The van der Waals surface area contributed by atoms with Crippen molar-refractivity contribution in [3.8, 4) is 11.3 Å². The van der Waals surface area contributed by atoms with Crippen LogP contribution in [0.4, 0.5) is 0 Å². The van der Waals surface area contributed by atoms with Crippen molar-refractivity contribution in [1.82, 2.24) is 20.2 Å². The lowest BCUT2D eigenvalue weighted by Crippen LogP contribution is -2.38. The Bertz CT molecular complexity index is 1400. The first-order chi connectivity index (χ1) is 17.4. The number of nitrogens with one attached hydrogen (secondary N) is 2. The average molecular weight is 538 g/mol. The zero-order valence-electron chi connectivity index (χ0n) is 19.7. The Labute approximate surface area is 223 Å². The molecular formula is C26H24ClN5O2S2. The van der Waals surface area contributed by atoms with Gasteiger partial charge in [0.05, 0.1) is 0 Å². The molecule has 4 rings (SSSR count). The number of hydrogen-bond acceptors (Lipinski definition) is 6. The zero-order chi connectivity index (χ0) is 25.5.